The molecule has 1 heterocycles. The zero-order chi connectivity index (χ0) is 18.4. The minimum Gasteiger partial charge on any atom is -0.486 e. The Morgan fingerprint density at radius 3 is 2.65 bits per heavy atom. The Balaban J connectivity index is 1.52. The summed E-state index contributed by atoms with van der Waals surface area (Å²) >= 11 is 5.52. The molecule has 0 unspecified atom stereocenters. The van der Waals surface area contributed by atoms with Gasteiger partial charge in [0.2, 0.25) is 5.91 Å². The minimum atomic E-state index is -0.101. The lowest BCUT2D eigenvalue weighted by Gasteiger charge is -2.29. The van der Waals surface area contributed by atoms with Crippen LogP contribution in [0.1, 0.15) is 39.0 Å². The largest absolute Gasteiger partial charge is 0.486 e. The number of amides is 1. The number of ether oxygens (including phenoxy) is 2. The summed E-state index contributed by atoms with van der Waals surface area (Å²) in [7, 11) is 0. The average molecular weight is 378 g/mol. The van der Waals surface area contributed by atoms with Crippen molar-refractivity contribution in [1.29, 1.82) is 0 Å². The maximum atomic E-state index is 12.4. The molecular formula is C19H27N3O3S. The normalized spacial score (nSPS) is 16.7. The molecule has 0 bridgehead atoms. The predicted molar refractivity (Wildman–Crippen MR) is 106 cm³/mol. The maximum Gasteiger partial charge on any atom is 0.243 e. The monoisotopic (exact) mass is 377 g/mol. The van der Waals surface area contributed by atoms with Crippen LogP contribution in [0.25, 0.3) is 0 Å². The van der Waals surface area contributed by atoms with Crippen molar-refractivity contribution in [3.8, 4) is 11.5 Å². The van der Waals surface area contributed by atoms with Crippen molar-refractivity contribution in [3.63, 3.8) is 0 Å². The number of hydrogen-bond donors (Lipinski definition) is 2. The van der Waals surface area contributed by atoms with E-state index in [4.69, 9.17) is 21.7 Å². The maximum absolute atomic E-state index is 12.4. The predicted octanol–water partition coefficient (Wildman–Crippen LogP) is 2.93. The first-order chi connectivity index (χ1) is 12.7. The molecule has 0 atom stereocenters. The van der Waals surface area contributed by atoms with Crippen LogP contribution < -0.4 is 20.1 Å². The van der Waals surface area contributed by atoms with E-state index in [1.54, 1.807) is 6.07 Å². The fourth-order valence-electron chi connectivity index (χ4n) is 3.34. The quantitative estimate of drug-likeness (QED) is 0.770. The van der Waals surface area contributed by atoms with E-state index in [0.29, 0.717) is 48.1 Å². The summed E-state index contributed by atoms with van der Waals surface area (Å²) in [4.78, 5) is 14.3. The molecular weight excluding hydrogens is 350 g/mol. The van der Waals surface area contributed by atoms with Crippen molar-refractivity contribution < 1.29 is 14.3 Å². The average Bonchev–Trinajstić information content (AvgIpc) is 2.66. The van der Waals surface area contributed by atoms with E-state index in [9.17, 15) is 4.79 Å². The molecule has 1 aromatic rings. The van der Waals surface area contributed by atoms with Gasteiger partial charge in [0.25, 0.3) is 0 Å². The van der Waals surface area contributed by atoms with E-state index in [0.717, 1.165) is 12.8 Å². The minimum absolute atomic E-state index is 0.101. The van der Waals surface area contributed by atoms with Crippen LogP contribution in [0.4, 0.5) is 5.69 Å². The Morgan fingerprint density at radius 1 is 1.19 bits per heavy atom. The first kappa shape index (κ1) is 18.8. The summed E-state index contributed by atoms with van der Waals surface area (Å²) in [5, 5.41) is 7.00. The number of anilines is 1. The third-order valence-corrected chi connectivity index (χ3v) is 5.14. The Bertz CT molecular complexity index is 647. The Hall–Kier alpha value is -2.02. The van der Waals surface area contributed by atoms with Crippen LogP contribution >= 0.6 is 12.2 Å². The molecule has 0 radical (unpaired) electrons. The molecule has 1 amide bonds. The molecule has 2 aliphatic rings. The number of carbonyl (C=O) groups excluding carboxylic acids is 1. The van der Waals surface area contributed by atoms with E-state index in [1.165, 1.54) is 19.3 Å². The van der Waals surface area contributed by atoms with Gasteiger partial charge < -0.3 is 25.0 Å². The van der Waals surface area contributed by atoms with Gasteiger partial charge in [0, 0.05) is 24.3 Å². The SMILES string of the molecule is CCN(CC(=O)Nc1ccc2c(c1)OCCO2)C(=S)NC1CCCCC1. The number of nitrogens with one attached hydrogen (secondary N) is 2. The second-order valence-electron chi connectivity index (χ2n) is 6.71. The number of benzene rings is 1. The molecule has 7 heteroatoms. The van der Waals surface area contributed by atoms with E-state index < -0.39 is 0 Å². The van der Waals surface area contributed by atoms with Gasteiger partial charge in [-0.3, -0.25) is 4.79 Å². The molecule has 0 spiro atoms. The topological polar surface area (TPSA) is 62.8 Å². The van der Waals surface area contributed by atoms with Crippen LogP contribution in [0.2, 0.25) is 0 Å². The lowest BCUT2D eigenvalue weighted by atomic mass is 9.96. The number of thiocarbonyl (C=S) groups is 1. The molecule has 2 N–H and O–H groups in total. The summed E-state index contributed by atoms with van der Waals surface area (Å²) in [5.41, 5.74) is 0.696. The fourth-order valence-corrected chi connectivity index (χ4v) is 3.70. The lowest BCUT2D eigenvalue weighted by Crippen LogP contribution is -2.47. The third kappa shape index (κ3) is 5.00. The highest BCUT2D eigenvalue weighted by Crippen LogP contribution is 2.32. The van der Waals surface area contributed by atoms with Crippen LogP contribution in [0.5, 0.6) is 11.5 Å². The van der Waals surface area contributed by atoms with E-state index in [2.05, 4.69) is 10.6 Å². The van der Waals surface area contributed by atoms with Gasteiger partial charge in [0.05, 0.1) is 6.54 Å². The highest BCUT2D eigenvalue weighted by molar-refractivity contribution is 7.80. The van der Waals surface area contributed by atoms with Crippen molar-refractivity contribution in [2.24, 2.45) is 0 Å². The lowest BCUT2D eigenvalue weighted by molar-refractivity contribution is -0.116. The summed E-state index contributed by atoms with van der Waals surface area (Å²) in [6, 6.07) is 5.87. The molecule has 26 heavy (non-hydrogen) atoms. The van der Waals surface area contributed by atoms with Gasteiger partial charge in [-0.2, -0.15) is 0 Å². The number of hydrogen-bond acceptors (Lipinski definition) is 4. The fraction of sp³-hybridized carbons (Fsp3) is 0.579. The first-order valence-corrected chi connectivity index (χ1v) is 9.81. The van der Waals surface area contributed by atoms with Crippen LogP contribution in [-0.4, -0.2) is 48.3 Å². The number of rotatable bonds is 5. The Morgan fingerprint density at radius 2 is 1.92 bits per heavy atom. The number of nitrogens with zero attached hydrogens (tertiary/aromatic N) is 1. The molecule has 1 aromatic carbocycles. The van der Waals surface area contributed by atoms with Crippen molar-refractivity contribution >= 4 is 28.9 Å². The van der Waals surface area contributed by atoms with Crippen LogP contribution in [0, 0.1) is 0 Å². The van der Waals surface area contributed by atoms with Gasteiger partial charge in [0.1, 0.15) is 13.2 Å². The first-order valence-electron chi connectivity index (χ1n) is 9.40. The van der Waals surface area contributed by atoms with Crippen molar-refractivity contribution in [2.75, 3.05) is 31.6 Å². The summed E-state index contributed by atoms with van der Waals surface area (Å²) < 4.78 is 11.1. The van der Waals surface area contributed by atoms with E-state index >= 15 is 0 Å². The van der Waals surface area contributed by atoms with Gasteiger partial charge in [-0.15, -0.1) is 0 Å². The summed E-state index contributed by atoms with van der Waals surface area (Å²) in [6.07, 6.45) is 6.11. The van der Waals surface area contributed by atoms with Gasteiger partial charge >= 0.3 is 0 Å². The smallest absolute Gasteiger partial charge is 0.243 e. The van der Waals surface area contributed by atoms with Crippen LogP contribution in [-0.2, 0) is 4.79 Å². The van der Waals surface area contributed by atoms with Gasteiger partial charge in [-0.1, -0.05) is 19.3 Å². The van der Waals surface area contributed by atoms with Gasteiger partial charge in [0.15, 0.2) is 16.6 Å². The molecule has 1 aliphatic heterocycles. The highest BCUT2D eigenvalue weighted by Gasteiger charge is 2.19. The summed E-state index contributed by atoms with van der Waals surface area (Å²) in [6.45, 7) is 3.99. The molecule has 3 rings (SSSR count). The zero-order valence-electron chi connectivity index (χ0n) is 15.3. The van der Waals surface area contributed by atoms with Crippen molar-refractivity contribution in [1.82, 2.24) is 10.2 Å². The second kappa shape index (κ2) is 9.07. The Labute approximate surface area is 160 Å². The van der Waals surface area contributed by atoms with Crippen LogP contribution in [0.15, 0.2) is 18.2 Å². The molecule has 6 nitrogen and oxygen atoms in total. The summed E-state index contributed by atoms with van der Waals surface area (Å²) in [5.74, 6) is 1.27. The third-order valence-electron chi connectivity index (χ3n) is 4.76. The molecule has 1 saturated carbocycles. The number of likely N-dealkylation sites (N-methyl/N-ethyl adjacent to an activating group) is 1. The number of fused-ring (bicyclic) bond motifs is 1. The molecule has 0 aromatic heterocycles. The van der Waals surface area contributed by atoms with E-state index in [1.807, 2.05) is 24.0 Å². The highest BCUT2D eigenvalue weighted by atomic mass is 32.1. The standard InChI is InChI=1S/C19H27N3O3S/c1-2-22(19(26)21-14-6-4-3-5-7-14)13-18(23)20-15-8-9-16-17(12-15)25-11-10-24-16/h8-9,12,14H,2-7,10-11,13H2,1H3,(H,20,23)(H,21,26). The van der Waals surface area contributed by atoms with Crippen molar-refractivity contribution in [2.45, 2.75) is 45.1 Å². The zero-order valence-corrected chi connectivity index (χ0v) is 16.1. The van der Waals surface area contributed by atoms with Gasteiger partial charge in [-0.05, 0) is 44.1 Å². The molecule has 0 saturated heterocycles. The number of carbonyl (C=O) groups is 1. The molecule has 1 fully saturated rings. The van der Waals surface area contributed by atoms with Gasteiger partial charge in [-0.25, -0.2) is 0 Å². The second-order valence-corrected chi connectivity index (χ2v) is 7.09. The Kier molecular flexibility index (Phi) is 6.55. The van der Waals surface area contributed by atoms with Crippen molar-refractivity contribution in [3.05, 3.63) is 18.2 Å². The molecule has 142 valence electrons. The van der Waals surface area contributed by atoms with Crippen LogP contribution in [0.3, 0.4) is 0 Å². The molecule has 1 aliphatic carbocycles. The van der Waals surface area contributed by atoms with E-state index in [-0.39, 0.29) is 12.5 Å².